The lowest BCUT2D eigenvalue weighted by Crippen LogP contribution is -2.52. The average Bonchev–Trinajstić information content (AvgIpc) is 2.52. The van der Waals surface area contributed by atoms with E-state index < -0.39 is 18.1 Å². The summed E-state index contributed by atoms with van der Waals surface area (Å²) in [5, 5.41) is 9.38. The van der Waals surface area contributed by atoms with Crippen molar-refractivity contribution in [2.75, 3.05) is 6.54 Å². The Morgan fingerprint density at radius 2 is 1.87 bits per heavy atom. The van der Waals surface area contributed by atoms with E-state index in [4.69, 9.17) is 4.74 Å². The second-order valence-corrected chi connectivity index (χ2v) is 7.19. The van der Waals surface area contributed by atoms with Crippen molar-refractivity contribution >= 4 is 12.1 Å². The van der Waals surface area contributed by atoms with Gasteiger partial charge in [0.05, 0.1) is 0 Å². The van der Waals surface area contributed by atoms with E-state index in [1.165, 1.54) is 4.90 Å². The number of carbonyl (C=O) groups excluding carboxylic acids is 1. The molecule has 0 spiro atoms. The Morgan fingerprint density at radius 3 is 2.43 bits per heavy atom. The van der Waals surface area contributed by atoms with Gasteiger partial charge in [-0.25, -0.2) is 9.59 Å². The van der Waals surface area contributed by atoms with Crippen LogP contribution in [0, 0.1) is 11.3 Å². The zero-order chi connectivity index (χ0) is 17.0. The molecule has 0 radical (unpaired) electrons. The fraction of sp³-hybridized carbons (Fsp3) is 0.556. The van der Waals surface area contributed by atoms with Crippen LogP contribution in [0.2, 0.25) is 0 Å². The van der Waals surface area contributed by atoms with Crippen LogP contribution in [-0.4, -0.2) is 34.7 Å². The van der Waals surface area contributed by atoms with Crippen LogP contribution < -0.4 is 0 Å². The number of carboxylic acid groups (broad SMARTS) is 1. The van der Waals surface area contributed by atoms with Crippen LogP contribution in [0.4, 0.5) is 4.79 Å². The fourth-order valence-corrected chi connectivity index (χ4v) is 2.94. The molecule has 1 aliphatic heterocycles. The summed E-state index contributed by atoms with van der Waals surface area (Å²) in [6.07, 6.45) is 0.732. The first kappa shape index (κ1) is 17.3. The molecular weight excluding hydrogens is 294 g/mol. The minimum Gasteiger partial charge on any atom is -0.480 e. The van der Waals surface area contributed by atoms with Crippen LogP contribution in [0.3, 0.4) is 0 Å². The maximum atomic E-state index is 12.4. The summed E-state index contributed by atoms with van der Waals surface area (Å²) in [7, 11) is 0. The van der Waals surface area contributed by atoms with E-state index in [0.29, 0.717) is 13.0 Å². The van der Waals surface area contributed by atoms with Crippen LogP contribution in [0.1, 0.15) is 39.2 Å². The first-order valence-electron chi connectivity index (χ1n) is 7.99. The number of hydrogen-bond acceptors (Lipinski definition) is 3. The first-order chi connectivity index (χ1) is 10.8. The molecule has 1 fully saturated rings. The second kappa shape index (κ2) is 7.02. The molecular formula is C18H25NO4. The van der Waals surface area contributed by atoms with Crippen molar-refractivity contribution in [2.45, 2.75) is 46.3 Å². The van der Waals surface area contributed by atoms with E-state index in [1.54, 1.807) is 0 Å². The first-order valence-corrected chi connectivity index (χ1v) is 7.99. The van der Waals surface area contributed by atoms with Gasteiger partial charge in [-0.3, -0.25) is 4.90 Å². The molecule has 23 heavy (non-hydrogen) atoms. The quantitative estimate of drug-likeness (QED) is 0.925. The number of hydrogen-bond donors (Lipinski definition) is 1. The molecule has 2 rings (SSSR count). The van der Waals surface area contributed by atoms with Gasteiger partial charge < -0.3 is 9.84 Å². The Morgan fingerprint density at radius 1 is 1.22 bits per heavy atom. The molecule has 1 N–H and O–H groups in total. The Labute approximate surface area is 137 Å². The maximum absolute atomic E-state index is 12.4. The lowest BCUT2D eigenvalue weighted by molar-refractivity contribution is -0.145. The smallest absolute Gasteiger partial charge is 0.410 e. The highest BCUT2D eigenvalue weighted by atomic mass is 16.6. The standard InChI is InChI=1S/C18H25NO4/c1-18(2,3)14-9-10-15(16(20)21)19(11-14)17(22)23-12-13-7-5-4-6-8-13/h4-8,14-15H,9-12H2,1-3H3,(H,20,21)/t14-,15+/m1/s1. The average molecular weight is 319 g/mol. The predicted molar refractivity (Wildman–Crippen MR) is 86.9 cm³/mol. The maximum Gasteiger partial charge on any atom is 0.410 e. The lowest BCUT2D eigenvalue weighted by atomic mass is 9.75. The second-order valence-electron chi connectivity index (χ2n) is 7.19. The topological polar surface area (TPSA) is 66.8 Å². The van der Waals surface area contributed by atoms with E-state index >= 15 is 0 Å². The van der Waals surface area contributed by atoms with E-state index in [0.717, 1.165) is 12.0 Å². The number of nitrogens with zero attached hydrogens (tertiary/aromatic N) is 1. The Kier molecular flexibility index (Phi) is 5.29. The van der Waals surface area contributed by atoms with Gasteiger partial charge in [0.1, 0.15) is 12.6 Å². The van der Waals surface area contributed by atoms with Crippen LogP contribution in [0.15, 0.2) is 30.3 Å². The van der Waals surface area contributed by atoms with Crippen molar-refractivity contribution in [2.24, 2.45) is 11.3 Å². The van der Waals surface area contributed by atoms with Crippen LogP contribution >= 0.6 is 0 Å². The van der Waals surface area contributed by atoms with Gasteiger partial charge in [0, 0.05) is 6.54 Å². The van der Waals surface area contributed by atoms with Crippen molar-refractivity contribution in [1.29, 1.82) is 0 Å². The van der Waals surface area contributed by atoms with Gasteiger partial charge in [-0.2, -0.15) is 0 Å². The highest BCUT2D eigenvalue weighted by molar-refractivity contribution is 5.80. The molecule has 1 aromatic rings. The summed E-state index contributed by atoms with van der Waals surface area (Å²) in [5.74, 6) is -0.698. The Bertz CT molecular complexity index is 550. The minimum atomic E-state index is -0.964. The summed E-state index contributed by atoms with van der Waals surface area (Å²) in [6.45, 7) is 6.93. The molecule has 1 heterocycles. The highest BCUT2D eigenvalue weighted by Gasteiger charge is 2.40. The normalized spacial score (nSPS) is 21.8. The highest BCUT2D eigenvalue weighted by Crippen LogP contribution is 2.35. The van der Waals surface area contributed by atoms with E-state index in [9.17, 15) is 14.7 Å². The molecule has 0 aliphatic carbocycles. The van der Waals surface area contributed by atoms with Gasteiger partial charge in [-0.05, 0) is 29.7 Å². The molecule has 0 saturated carbocycles. The monoisotopic (exact) mass is 319 g/mol. The third kappa shape index (κ3) is 4.47. The SMILES string of the molecule is CC(C)(C)[C@@H]1CC[C@@H](C(=O)O)N(C(=O)OCc2ccccc2)C1. The third-order valence-electron chi connectivity index (χ3n) is 4.53. The van der Waals surface area contributed by atoms with Crippen molar-refractivity contribution in [3.63, 3.8) is 0 Å². The number of rotatable bonds is 3. The van der Waals surface area contributed by atoms with Crippen LogP contribution in [-0.2, 0) is 16.1 Å². The summed E-state index contributed by atoms with van der Waals surface area (Å²) in [6, 6.07) is 8.59. The van der Waals surface area contributed by atoms with Crippen molar-refractivity contribution < 1.29 is 19.4 Å². The number of ether oxygens (including phenoxy) is 1. The molecule has 2 atom stereocenters. The molecule has 0 aromatic heterocycles. The van der Waals surface area contributed by atoms with E-state index in [-0.39, 0.29) is 17.9 Å². The van der Waals surface area contributed by atoms with Crippen molar-refractivity contribution in [1.82, 2.24) is 4.90 Å². The molecule has 5 nitrogen and oxygen atoms in total. The fourth-order valence-electron chi connectivity index (χ4n) is 2.94. The summed E-state index contributed by atoms with van der Waals surface area (Å²) in [5.41, 5.74) is 0.915. The zero-order valence-electron chi connectivity index (χ0n) is 14.0. The number of aliphatic carboxylic acids is 1. The molecule has 5 heteroatoms. The predicted octanol–water partition coefficient (Wildman–Crippen LogP) is 3.53. The molecule has 1 amide bonds. The van der Waals surface area contributed by atoms with Gasteiger partial charge >= 0.3 is 12.1 Å². The number of benzene rings is 1. The number of carboxylic acids is 1. The Hall–Kier alpha value is -2.04. The number of amides is 1. The molecule has 1 aliphatic rings. The van der Waals surface area contributed by atoms with Gasteiger partial charge in [0.25, 0.3) is 0 Å². The molecule has 0 unspecified atom stereocenters. The minimum absolute atomic E-state index is 0.0292. The van der Waals surface area contributed by atoms with Crippen LogP contribution in [0.5, 0.6) is 0 Å². The summed E-state index contributed by atoms with van der Waals surface area (Å²) < 4.78 is 5.33. The third-order valence-corrected chi connectivity index (χ3v) is 4.53. The van der Waals surface area contributed by atoms with Gasteiger partial charge in [-0.15, -0.1) is 0 Å². The van der Waals surface area contributed by atoms with Gasteiger partial charge in [-0.1, -0.05) is 51.1 Å². The molecule has 1 aromatic carbocycles. The zero-order valence-corrected chi connectivity index (χ0v) is 14.0. The number of likely N-dealkylation sites (tertiary alicyclic amines) is 1. The Balaban J connectivity index is 2.05. The summed E-state index contributed by atoms with van der Waals surface area (Å²) in [4.78, 5) is 25.2. The summed E-state index contributed by atoms with van der Waals surface area (Å²) >= 11 is 0. The van der Waals surface area contributed by atoms with E-state index in [2.05, 4.69) is 20.8 Å². The molecule has 126 valence electrons. The van der Waals surface area contributed by atoms with Gasteiger partial charge in [0.15, 0.2) is 0 Å². The molecule has 1 saturated heterocycles. The van der Waals surface area contributed by atoms with Crippen molar-refractivity contribution in [3.8, 4) is 0 Å². The van der Waals surface area contributed by atoms with Crippen LogP contribution in [0.25, 0.3) is 0 Å². The number of piperidine rings is 1. The van der Waals surface area contributed by atoms with E-state index in [1.807, 2.05) is 30.3 Å². The lowest BCUT2D eigenvalue weighted by Gasteiger charge is -2.42. The van der Waals surface area contributed by atoms with Gasteiger partial charge in [0.2, 0.25) is 0 Å². The molecule has 0 bridgehead atoms. The van der Waals surface area contributed by atoms with Crippen molar-refractivity contribution in [3.05, 3.63) is 35.9 Å². The largest absolute Gasteiger partial charge is 0.480 e. The number of carbonyl (C=O) groups is 2.